The van der Waals surface area contributed by atoms with Crippen molar-refractivity contribution in [2.45, 2.75) is 37.1 Å². The third-order valence-electron chi connectivity index (χ3n) is 5.48. The second-order valence-electron chi connectivity index (χ2n) is 7.78. The van der Waals surface area contributed by atoms with E-state index in [1.807, 2.05) is 0 Å². The first-order valence-corrected chi connectivity index (χ1v) is 11.5. The van der Waals surface area contributed by atoms with Crippen molar-refractivity contribution in [3.63, 3.8) is 0 Å². The van der Waals surface area contributed by atoms with E-state index in [9.17, 15) is 18.0 Å². The predicted molar refractivity (Wildman–Crippen MR) is 110 cm³/mol. The maximum absolute atomic E-state index is 12.6. The van der Waals surface area contributed by atoms with Crippen molar-refractivity contribution in [3.05, 3.63) is 47.9 Å². The van der Waals surface area contributed by atoms with Gasteiger partial charge < -0.3 is 14.2 Å². The molecule has 1 aromatic heterocycles. The molecule has 1 aliphatic carbocycles. The second kappa shape index (κ2) is 8.23. The van der Waals surface area contributed by atoms with E-state index in [4.69, 9.17) is 4.42 Å². The summed E-state index contributed by atoms with van der Waals surface area (Å²) in [6, 6.07) is 8.38. The quantitative estimate of drug-likeness (QED) is 0.688. The molecule has 4 rings (SSSR count). The number of sulfonamides is 1. The zero-order valence-electron chi connectivity index (χ0n) is 16.8. The van der Waals surface area contributed by atoms with Crippen molar-refractivity contribution in [2.75, 3.05) is 25.0 Å². The summed E-state index contributed by atoms with van der Waals surface area (Å²) in [5.41, 5.74) is 1.67. The van der Waals surface area contributed by atoms with Crippen molar-refractivity contribution in [1.82, 2.24) is 9.62 Å². The van der Waals surface area contributed by atoms with E-state index in [2.05, 4.69) is 4.72 Å². The van der Waals surface area contributed by atoms with Gasteiger partial charge in [0, 0.05) is 38.2 Å². The Balaban J connectivity index is 1.33. The second-order valence-corrected chi connectivity index (χ2v) is 9.55. The number of nitrogens with one attached hydrogen (secondary N) is 1. The molecule has 0 saturated heterocycles. The molecule has 0 unspecified atom stereocenters. The third kappa shape index (κ3) is 4.41. The van der Waals surface area contributed by atoms with Crippen molar-refractivity contribution in [1.29, 1.82) is 0 Å². The van der Waals surface area contributed by atoms with E-state index in [1.54, 1.807) is 42.5 Å². The average Bonchev–Trinajstić information content (AvgIpc) is 3.28. The van der Waals surface area contributed by atoms with Crippen LogP contribution >= 0.6 is 0 Å². The zero-order valence-corrected chi connectivity index (χ0v) is 17.7. The first kappa shape index (κ1) is 20.6. The van der Waals surface area contributed by atoms with Crippen LogP contribution in [-0.2, 0) is 32.6 Å². The van der Waals surface area contributed by atoms with E-state index < -0.39 is 10.0 Å². The van der Waals surface area contributed by atoms with Crippen LogP contribution in [-0.4, -0.2) is 45.3 Å². The zero-order chi connectivity index (χ0) is 21.3. The van der Waals surface area contributed by atoms with Gasteiger partial charge in [-0.25, -0.2) is 13.1 Å². The van der Waals surface area contributed by atoms with Gasteiger partial charge in [0.1, 0.15) is 5.76 Å². The highest BCUT2D eigenvalue weighted by Crippen LogP contribution is 2.37. The molecule has 9 heteroatoms. The molecule has 1 fully saturated rings. The summed E-state index contributed by atoms with van der Waals surface area (Å²) in [6.45, 7) is 0.935. The number of carbonyl (C=O) groups is 2. The van der Waals surface area contributed by atoms with Gasteiger partial charge in [0.25, 0.3) is 0 Å². The fraction of sp³-hybridized carbons (Fsp3) is 0.429. The Kier molecular flexibility index (Phi) is 5.66. The number of carbonyl (C=O) groups excluding carboxylic acids is 2. The molecule has 0 radical (unpaired) electrons. The fourth-order valence-electron chi connectivity index (χ4n) is 3.62. The highest BCUT2D eigenvalue weighted by Gasteiger charge is 2.36. The number of amides is 2. The van der Waals surface area contributed by atoms with E-state index in [1.165, 1.54) is 11.0 Å². The number of hydrogen-bond donors (Lipinski definition) is 1. The minimum atomic E-state index is -3.74. The van der Waals surface area contributed by atoms with E-state index in [0.29, 0.717) is 25.3 Å². The van der Waals surface area contributed by atoms with Crippen LogP contribution in [0.3, 0.4) is 0 Å². The highest BCUT2D eigenvalue weighted by molar-refractivity contribution is 7.89. The first-order chi connectivity index (χ1) is 14.3. The number of furan rings is 1. The molecule has 2 heterocycles. The molecular weight excluding hydrogens is 406 g/mol. The van der Waals surface area contributed by atoms with E-state index >= 15 is 0 Å². The van der Waals surface area contributed by atoms with Gasteiger partial charge in [0.2, 0.25) is 21.8 Å². The summed E-state index contributed by atoms with van der Waals surface area (Å²) in [5, 5.41) is 0. The highest BCUT2D eigenvalue weighted by atomic mass is 32.2. The maximum atomic E-state index is 12.6. The van der Waals surface area contributed by atoms with Gasteiger partial charge >= 0.3 is 0 Å². The molecule has 8 nitrogen and oxygen atoms in total. The Morgan fingerprint density at radius 2 is 2.07 bits per heavy atom. The number of hydrogen-bond acceptors (Lipinski definition) is 5. The van der Waals surface area contributed by atoms with Crippen molar-refractivity contribution < 1.29 is 22.4 Å². The lowest BCUT2D eigenvalue weighted by atomic mass is 10.2. The molecule has 2 amide bonds. The van der Waals surface area contributed by atoms with Gasteiger partial charge in [-0.3, -0.25) is 9.59 Å². The largest absolute Gasteiger partial charge is 0.467 e. The molecule has 1 aliphatic heterocycles. The molecule has 1 N–H and O–H groups in total. The van der Waals surface area contributed by atoms with Crippen LogP contribution in [0, 0.1) is 5.92 Å². The van der Waals surface area contributed by atoms with Crippen LogP contribution in [0.2, 0.25) is 0 Å². The van der Waals surface area contributed by atoms with Crippen molar-refractivity contribution >= 4 is 27.5 Å². The smallest absolute Gasteiger partial charge is 0.240 e. The SMILES string of the molecule is CN(Cc1ccco1)C(=O)CCNS(=O)(=O)c1ccc2c(c1)CCN2C(=O)C1CC1. The Bertz CT molecular complexity index is 1040. The Hall–Kier alpha value is -2.65. The number of rotatable bonds is 8. The Morgan fingerprint density at radius 3 is 2.77 bits per heavy atom. The van der Waals surface area contributed by atoms with Crippen molar-refractivity contribution in [3.8, 4) is 0 Å². The minimum Gasteiger partial charge on any atom is -0.467 e. The Labute approximate surface area is 175 Å². The fourth-order valence-corrected chi connectivity index (χ4v) is 4.70. The van der Waals surface area contributed by atoms with Crippen LogP contribution in [0.1, 0.15) is 30.6 Å². The summed E-state index contributed by atoms with van der Waals surface area (Å²) in [4.78, 5) is 28.0. The van der Waals surface area contributed by atoms with Gasteiger partial charge in [-0.15, -0.1) is 0 Å². The molecular formula is C21H25N3O5S. The molecule has 1 saturated carbocycles. The normalized spacial score (nSPS) is 15.8. The summed E-state index contributed by atoms with van der Waals surface area (Å²) in [5.74, 6) is 0.750. The molecule has 2 aliphatic rings. The monoisotopic (exact) mass is 431 g/mol. The summed E-state index contributed by atoms with van der Waals surface area (Å²) < 4.78 is 33.0. The molecule has 0 bridgehead atoms. The van der Waals surface area contributed by atoms with Crippen LogP contribution in [0.5, 0.6) is 0 Å². The molecule has 160 valence electrons. The van der Waals surface area contributed by atoms with E-state index in [-0.39, 0.29) is 35.6 Å². The van der Waals surface area contributed by atoms with Crippen molar-refractivity contribution in [2.24, 2.45) is 5.92 Å². The summed E-state index contributed by atoms with van der Waals surface area (Å²) in [7, 11) is -2.09. The molecule has 1 aromatic carbocycles. The lowest BCUT2D eigenvalue weighted by molar-refractivity contribution is -0.130. The lowest BCUT2D eigenvalue weighted by Crippen LogP contribution is -2.32. The van der Waals surface area contributed by atoms with Gasteiger partial charge in [0.15, 0.2) is 0 Å². The molecule has 2 aromatic rings. The summed E-state index contributed by atoms with van der Waals surface area (Å²) >= 11 is 0. The van der Waals surface area contributed by atoms with Crippen LogP contribution < -0.4 is 9.62 Å². The van der Waals surface area contributed by atoms with Crippen LogP contribution in [0.4, 0.5) is 5.69 Å². The topological polar surface area (TPSA) is 99.9 Å². The van der Waals surface area contributed by atoms with E-state index in [0.717, 1.165) is 24.1 Å². The summed E-state index contributed by atoms with van der Waals surface area (Å²) in [6.07, 6.45) is 4.12. The maximum Gasteiger partial charge on any atom is 0.240 e. The Morgan fingerprint density at radius 1 is 1.27 bits per heavy atom. The minimum absolute atomic E-state index is 0.00698. The number of fused-ring (bicyclic) bond motifs is 1. The number of anilines is 1. The van der Waals surface area contributed by atoms with Crippen LogP contribution in [0.25, 0.3) is 0 Å². The number of benzene rings is 1. The lowest BCUT2D eigenvalue weighted by Gasteiger charge is -2.17. The third-order valence-corrected chi connectivity index (χ3v) is 6.94. The number of nitrogens with zero attached hydrogens (tertiary/aromatic N) is 2. The van der Waals surface area contributed by atoms with Gasteiger partial charge in [-0.05, 0) is 55.2 Å². The van der Waals surface area contributed by atoms with Crippen LogP contribution in [0.15, 0.2) is 45.9 Å². The average molecular weight is 432 g/mol. The molecule has 30 heavy (non-hydrogen) atoms. The van der Waals surface area contributed by atoms with Gasteiger partial charge in [-0.1, -0.05) is 0 Å². The van der Waals surface area contributed by atoms with Gasteiger partial charge in [0.05, 0.1) is 17.7 Å². The molecule has 0 atom stereocenters. The van der Waals surface area contributed by atoms with Gasteiger partial charge in [-0.2, -0.15) is 0 Å². The standard InChI is InChI=1S/C21H25N3O5S/c1-23(14-17-3-2-12-29-17)20(25)8-10-22-30(27,28)18-6-7-19-16(13-18)9-11-24(19)21(26)15-4-5-15/h2-3,6-7,12-13,15,22H,4-5,8-11,14H2,1H3. The molecule has 0 spiro atoms. The first-order valence-electron chi connectivity index (χ1n) is 10.1. The predicted octanol–water partition coefficient (Wildman–Crippen LogP) is 1.91.